The molecule has 1 unspecified atom stereocenters. The lowest BCUT2D eigenvalue weighted by atomic mass is 10.1. The van der Waals surface area contributed by atoms with Crippen molar-refractivity contribution in [3.63, 3.8) is 0 Å². The summed E-state index contributed by atoms with van der Waals surface area (Å²) in [6.45, 7) is 4.58. The third kappa shape index (κ3) is 2.37. The van der Waals surface area contributed by atoms with Crippen LogP contribution < -0.4 is 5.32 Å². The standard InChI is InChI=1S/C14H17NS2/c1-14(2)9-16-8-11(15-14)13-7-10-5-3-4-6-12(10)17-13/h3-7,11,15H,8-9H2,1-2H3. The molecule has 0 aliphatic carbocycles. The SMILES string of the molecule is CC1(C)CSCC(c2cc3ccccc3s2)N1. The van der Waals surface area contributed by atoms with Gasteiger partial charge in [-0.25, -0.2) is 0 Å². The summed E-state index contributed by atoms with van der Waals surface area (Å²) in [7, 11) is 0. The fraction of sp³-hybridized carbons (Fsp3) is 0.429. The second kappa shape index (κ2) is 4.30. The van der Waals surface area contributed by atoms with Crippen LogP contribution in [0.4, 0.5) is 0 Å². The molecule has 1 atom stereocenters. The van der Waals surface area contributed by atoms with Crippen molar-refractivity contribution in [2.75, 3.05) is 11.5 Å². The Balaban J connectivity index is 1.93. The fourth-order valence-corrected chi connectivity index (χ4v) is 4.75. The summed E-state index contributed by atoms with van der Waals surface area (Å²) in [5, 5.41) is 5.14. The van der Waals surface area contributed by atoms with E-state index in [2.05, 4.69) is 61.3 Å². The molecule has 0 saturated carbocycles. The van der Waals surface area contributed by atoms with Crippen LogP contribution >= 0.6 is 23.1 Å². The smallest absolute Gasteiger partial charge is 0.0511 e. The lowest BCUT2D eigenvalue weighted by Crippen LogP contribution is -2.47. The molecule has 2 aromatic rings. The van der Waals surface area contributed by atoms with Gasteiger partial charge in [0.25, 0.3) is 0 Å². The Morgan fingerprint density at radius 1 is 1.29 bits per heavy atom. The predicted molar refractivity (Wildman–Crippen MR) is 79.1 cm³/mol. The number of hydrogen-bond donors (Lipinski definition) is 1. The Labute approximate surface area is 111 Å². The molecule has 1 nitrogen and oxygen atoms in total. The lowest BCUT2D eigenvalue weighted by Gasteiger charge is -2.36. The second-order valence-electron chi connectivity index (χ2n) is 5.28. The number of thiophene rings is 1. The Morgan fingerprint density at radius 2 is 2.12 bits per heavy atom. The minimum Gasteiger partial charge on any atom is -0.303 e. The Morgan fingerprint density at radius 3 is 2.88 bits per heavy atom. The third-order valence-electron chi connectivity index (χ3n) is 3.10. The summed E-state index contributed by atoms with van der Waals surface area (Å²) in [5.41, 5.74) is 0.254. The van der Waals surface area contributed by atoms with E-state index < -0.39 is 0 Å². The molecule has 1 fully saturated rings. The summed E-state index contributed by atoms with van der Waals surface area (Å²) in [4.78, 5) is 1.48. The topological polar surface area (TPSA) is 12.0 Å². The molecule has 1 N–H and O–H groups in total. The minimum atomic E-state index is 0.254. The van der Waals surface area contributed by atoms with Crippen LogP contribution in [0.1, 0.15) is 24.8 Å². The zero-order chi connectivity index (χ0) is 11.9. The van der Waals surface area contributed by atoms with Gasteiger partial charge in [-0.05, 0) is 31.4 Å². The molecular formula is C14H17NS2. The summed E-state index contributed by atoms with van der Waals surface area (Å²) in [5.74, 6) is 2.39. The van der Waals surface area contributed by atoms with Crippen LogP contribution in [0.2, 0.25) is 0 Å². The van der Waals surface area contributed by atoms with Crippen molar-refractivity contribution in [3.05, 3.63) is 35.2 Å². The maximum Gasteiger partial charge on any atom is 0.0511 e. The second-order valence-corrected chi connectivity index (χ2v) is 7.43. The van der Waals surface area contributed by atoms with Crippen molar-refractivity contribution in [2.45, 2.75) is 25.4 Å². The minimum absolute atomic E-state index is 0.254. The molecule has 1 aromatic heterocycles. The van der Waals surface area contributed by atoms with E-state index in [0.29, 0.717) is 6.04 Å². The monoisotopic (exact) mass is 263 g/mol. The molecule has 0 radical (unpaired) electrons. The van der Waals surface area contributed by atoms with Crippen LogP contribution in [0, 0.1) is 0 Å². The lowest BCUT2D eigenvalue weighted by molar-refractivity contribution is 0.379. The Bertz CT molecular complexity index is 497. The van der Waals surface area contributed by atoms with E-state index in [1.165, 1.54) is 26.5 Å². The van der Waals surface area contributed by atoms with Crippen LogP contribution in [-0.4, -0.2) is 17.0 Å². The summed E-state index contributed by atoms with van der Waals surface area (Å²) in [6.07, 6.45) is 0. The highest BCUT2D eigenvalue weighted by Gasteiger charge is 2.28. The maximum atomic E-state index is 3.76. The van der Waals surface area contributed by atoms with Gasteiger partial charge in [-0.1, -0.05) is 18.2 Å². The number of benzene rings is 1. The van der Waals surface area contributed by atoms with Crippen molar-refractivity contribution < 1.29 is 0 Å². The van der Waals surface area contributed by atoms with Gasteiger partial charge in [0.05, 0.1) is 6.04 Å². The number of hydrogen-bond acceptors (Lipinski definition) is 3. The van der Waals surface area contributed by atoms with Crippen LogP contribution in [-0.2, 0) is 0 Å². The van der Waals surface area contributed by atoms with E-state index in [1.807, 2.05) is 11.3 Å². The van der Waals surface area contributed by atoms with Crippen molar-refractivity contribution in [2.24, 2.45) is 0 Å². The van der Waals surface area contributed by atoms with E-state index in [-0.39, 0.29) is 5.54 Å². The number of fused-ring (bicyclic) bond motifs is 1. The zero-order valence-electron chi connectivity index (χ0n) is 10.2. The average molecular weight is 263 g/mol. The number of rotatable bonds is 1. The van der Waals surface area contributed by atoms with Gasteiger partial charge in [0.15, 0.2) is 0 Å². The van der Waals surface area contributed by atoms with E-state index in [9.17, 15) is 0 Å². The first kappa shape index (κ1) is 11.6. The van der Waals surface area contributed by atoms with E-state index in [1.54, 1.807) is 0 Å². The van der Waals surface area contributed by atoms with Crippen LogP contribution in [0.25, 0.3) is 10.1 Å². The highest BCUT2D eigenvalue weighted by Crippen LogP contribution is 2.35. The molecule has 1 saturated heterocycles. The van der Waals surface area contributed by atoms with E-state index in [4.69, 9.17) is 0 Å². The normalized spacial score (nSPS) is 24.0. The van der Waals surface area contributed by atoms with Gasteiger partial charge >= 0.3 is 0 Å². The van der Waals surface area contributed by atoms with Gasteiger partial charge in [0.2, 0.25) is 0 Å². The molecule has 3 rings (SSSR count). The molecule has 17 heavy (non-hydrogen) atoms. The van der Waals surface area contributed by atoms with Crippen molar-refractivity contribution in [1.29, 1.82) is 0 Å². The summed E-state index contributed by atoms with van der Waals surface area (Å²) < 4.78 is 1.40. The van der Waals surface area contributed by atoms with Crippen LogP contribution in [0.3, 0.4) is 0 Å². The van der Waals surface area contributed by atoms with Gasteiger partial charge < -0.3 is 5.32 Å². The van der Waals surface area contributed by atoms with Gasteiger partial charge in [-0.3, -0.25) is 0 Å². The fourth-order valence-electron chi connectivity index (χ4n) is 2.31. The zero-order valence-corrected chi connectivity index (χ0v) is 11.8. The highest BCUT2D eigenvalue weighted by molar-refractivity contribution is 7.99. The first-order chi connectivity index (χ1) is 8.14. The molecule has 1 aliphatic rings. The van der Waals surface area contributed by atoms with Gasteiger partial charge in [-0.15, -0.1) is 11.3 Å². The maximum absolute atomic E-state index is 3.76. The van der Waals surface area contributed by atoms with Gasteiger partial charge in [0.1, 0.15) is 0 Å². The molecule has 1 aliphatic heterocycles. The van der Waals surface area contributed by atoms with Crippen molar-refractivity contribution >= 4 is 33.2 Å². The van der Waals surface area contributed by atoms with Crippen LogP contribution in [0.5, 0.6) is 0 Å². The summed E-state index contributed by atoms with van der Waals surface area (Å²) in [6, 6.07) is 11.5. The molecule has 3 heteroatoms. The molecule has 0 spiro atoms. The molecule has 1 aromatic carbocycles. The largest absolute Gasteiger partial charge is 0.303 e. The van der Waals surface area contributed by atoms with Crippen molar-refractivity contribution in [1.82, 2.24) is 5.32 Å². The van der Waals surface area contributed by atoms with E-state index >= 15 is 0 Å². The summed E-state index contributed by atoms with van der Waals surface area (Å²) >= 11 is 3.99. The van der Waals surface area contributed by atoms with E-state index in [0.717, 1.165) is 0 Å². The first-order valence-electron chi connectivity index (χ1n) is 5.98. The van der Waals surface area contributed by atoms with Crippen molar-refractivity contribution in [3.8, 4) is 0 Å². The Kier molecular flexibility index (Phi) is 2.93. The highest BCUT2D eigenvalue weighted by atomic mass is 32.2. The predicted octanol–water partition coefficient (Wildman–Crippen LogP) is 4.06. The molecule has 90 valence electrons. The average Bonchev–Trinajstić information content (AvgIpc) is 2.71. The quantitative estimate of drug-likeness (QED) is 0.833. The molecular weight excluding hydrogens is 246 g/mol. The third-order valence-corrected chi connectivity index (χ3v) is 5.83. The molecule has 0 amide bonds. The number of thioether (sulfide) groups is 1. The van der Waals surface area contributed by atoms with Gasteiger partial charge in [-0.2, -0.15) is 11.8 Å². The number of nitrogens with one attached hydrogen (secondary N) is 1. The molecule has 2 heterocycles. The van der Waals surface area contributed by atoms with Crippen LogP contribution in [0.15, 0.2) is 30.3 Å². The molecule has 0 bridgehead atoms. The van der Waals surface area contributed by atoms with Gasteiger partial charge in [0, 0.05) is 26.6 Å². The Hall–Kier alpha value is -0.510. The first-order valence-corrected chi connectivity index (χ1v) is 7.95.